The van der Waals surface area contributed by atoms with E-state index in [1.807, 2.05) is 0 Å². The molecule has 0 aliphatic heterocycles. The molecule has 1 aromatic heterocycles. The lowest BCUT2D eigenvalue weighted by molar-refractivity contribution is 0.0983. The van der Waals surface area contributed by atoms with Gasteiger partial charge in [-0.15, -0.1) is 10.2 Å². The number of nitrogens with zero attached hydrogens (tertiary/aromatic N) is 4. The number of carbonyl (C=O) groups excluding carboxylic acids is 1. The zero-order valence-corrected chi connectivity index (χ0v) is 9.41. The van der Waals surface area contributed by atoms with E-state index in [1.165, 1.54) is 4.90 Å². The Balaban J connectivity index is 2.24. The lowest BCUT2D eigenvalue weighted by Crippen LogP contribution is -2.27. The minimum atomic E-state index is -0.341. The highest BCUT2D eigenvalue weighted by Gasteiger charge is 2.17. The quantitative estimate of drug-likeness (QED) is 0.833. The molecule has 0 fully saturated rings. The van der Waals surface area contributed by atoms with Gasteiger partial charge in [0.1, 0.15) is 5.75 Å². The van der Waals surface area contributed by atoms with Crippen LogP contribution in [0.4, 0.5) is 5.69 Å². The molecule has 0 aliphatic carbocycles. The van der Waals surface area contributed by atoms with Gasteiger partial charge < -0.3 is 9.64 Å². The van der Waals surface area contributed by atoms with E-state index in [-0.39, 0.29) is 11.7 Å². The summed E-state index contributed by atoms with van der Waals surface area (Å²) in [5.41, 5.74) is 0.694. The molecule has 17 heavy (non-hydrogen) atoms. The average Bonchev–Trinajstić information content (AvgIpc) is 2.91. The smallest absolute Gasteiger partial charge is 0.299 e. The van der Waals surface area contributed by atoms with Crippen LogP contribution in [0.3, 0.4) is 0 Å². The standard InChI is InChI=1S/C10H11N5O2/c1-15(10(16)9-11-13-14-12-9)7-4-3-5-8(6-7)17-2/h3-6H,1-2H3,(H,11,12,13,14). The second-order valence-electron chi connectivity index (χ2n) is 3.30. The van der Waals surface area contributed by atoms with E-state index < -0.39 is 0 Å². The summed E-state index contributed by atoms with van der Waals surface area (Å²) in [6.07, 6.45) is 0. The number of ether oxygens (including phenoxy) is 1. The van der Waals surface area contributed by atoms with Gasteiger partial charge in [0.05, 0.1) is 7.11 Å². The lowest BCUT2D eigenvalue weighted by atomic mass is 10.2. The van der Waals surface area contributed by atoms with E-state index in [2.05, 4.69) is 20.6 Å². The van der Waals surface area contributed by atoms with Gasteiger partial charge >= 0.3 is 0 Å². The number of amides is 1. The van der Waals surface area contributed by atoms with Crippen LogP contribution in [0.15, 0.2) is 24.3 Å². The molecule has 2 aromatic rings. The average molecular weight is 233 g/mol. The molecule has 88 valence electrons. The van der Waals surface area contributed by atoms with Gasteiger partial charge in [-0.05, 0) is 17.3 Å². The Hall–Kier alpha value is -2.44. The molecule has 0 bridgehead atoms. The molecule has 7 heteroatoms. The fourth-order valence-electron chi connectivity index (χ4n) is 1.34. The zero-order chi connectivity index (χ0) is 12.3. The molecule has 0 aliphatic rings. The molecule has 0 spiro atoms. The van der Waals surface area contributed by atoms with Crippen molar-refractivity contribution in [3.8, 4) is 5.75 Å². The fraction of sp³-hybridized carbons (Fsp3) is 0.200. The Morgan fingerprint density at radius 3 is 2.94 bits per heavy atom. The SMILES string of the molecule is COc1cccc(N(C)C(=O)c2nn[nH]n2)c1. The molecular weight excluding hydrogens is 222 g/mol. The van der Waals surface area contributed by atoms with Crippen molar-refractivity contribution in [1.82, 2.24) is 20.6 Å². The predicted molar refractivity (Wildman–Crippen MR) is 59.9 cm³/mol. The summed E-state index contributed by atoms with van der Waals surface area (Å²) in [4.78, 5) is 13.3. The summed E-state index contributed by atoms with van der Waals surface area (Å²) in [5, 5.41) is 12.9. The second kappa shape index (κ2) is 4.60. The van der Waals surface area contributed by atoms with Gasteiger partial charge in [-0.2, -0.15) is 5.21 Å². The van der Waals surface area contributed by atoms with Gasteiger partial charge in [0.2, 0.25) is 0 Å². The van der Waals surface area contributed by atoms with Crippen molar-refractivity contribution < 1.29 is 9.53 Å². The van der Waals surface area contributed by atoms with Crippen molar-refractivity contribution in [2.75, 3.05) is 19.1 Å². The molecule has 1 aromatic carbocycles. The Kier molecular flexibility index (Phi) is 2.99. The van der Waals surface area contributed by atoms with Crippen molar-refractivity contribution in [2.24, 2.45) is 0 Å². The number of hydrogen-bond donors (Lipinski definition) is 1. The summed E-state index contributed by atoms with van der Waals surface area (Å²) in [5.74, 6) is 0.359. The highest BCUT2D eigenvalue weighted by atomic mass is 16.5. The highest BCUT2D eigenvalue weighted by molar-refractivity contribution is 6.02. The van der Waals surface area contributed by atoms with Gasteiger partial charge in [0.15, 0.2) is 0 Å². The number of rotatable bonds is 3. The van der Waals surface area contributed by atoms with Crippen molar-refractivity contribution in [2.45, 2.75) is 0 Å². The Labute approximate surface area is 97.4 Å². The Morgan fingerprint density at radius 2 is 2.29 bits per heavy atom. The van der Waals surface area contributed by atoms with Gasteiger partial charge in [0.25, 0.3) is 11.7 Å². The third-order valence-corrected chi connectivity index (χ3v) is 2.28. The summed E-state index contributed by atoms with van der Waals surface area (Å²) in [6, 6.07) is 7.14. The highest BCUT2D eigenvalue weighted by Crippen LogP contribution is 2.20. The molecule has 1 amide bonds. The summed E-state index contributed by atoms with van der Waals surface area (Å²) < 4.78 is 5.09. The minimum Gasteiger partial charge on any atom is -0.497 e. The van der Waals surface area contributed by atoms with Crippen LogP contribution >= 0.6 is 0 Å². The van der Waals surface area contributed by atoms with Gasteiger partial charge in [-0.25, -0.2) is 0 Å². The largest absolute Gasteiger partial charge is 0.497 e. The third-order valence-electron chi connectivity index (χ3n) is 2.28. The molecule has 1 N–H and O–H groups in total. The third kappa shape index (κ3) is 2.22. The summed E-state index contributed by atoms with van der Waals surface area (Å²) in [6.45, 7) is 0. The number of aromatic nitrogens is 4. The molecule has 1 heterocycles. The van der Waals surface area contributed by atoms with Crippen LogP contribution in [0.25, 0.3) is 0 Å². The molecule has 0 saturated carbocycles. The van der Waals surface area contributed by atoms with E-state index in [4.69, 9.17) is 4.74 Å². The first-order valence-corrected chi connectivity index (χ1v) is 4.88. The number of tetrazole rings is 1. The molecule has 2 rings (SSSR count). The van der Waals surface area contributed by atoms with Crippen molar-refractivity contribution in [3.05, 3.63) is 30.1 Å². The first kappa shape index (κ1) is 11.1. The number of methoxy groups -OCH3 is 1. The number of nitrogens with one attached hydrogen (secondary N) is 1. The van der Waals surface area contributed by atoms with E-state index in [0.29, 0.717) is 11.4 Å². The van der Waals surface area contributed by atoms with E-state index in [0.717, 1.165) is 0 Å². The van der Waals surface area contributed by atoms with E-state index in [1.54, 1.807) is 38.4 Å². The number of hydrogen-bond acceptors (Lipinski definition) is 5. The molecule has 0 unspecified atom stereocenters. The van der Waals surface area contributed by atoms with Gasteiger partial charge in [0, 0.05) is 18.8 Å². The van der Waals surface area contributed by atoms with Crippen LogP contribution in [0.1, 0.15) is 10.6 Å². The molecule has 0 radical (unpaired) electrons. The summed E-state index contributed by atoms with van der Waals surface area (Å²) in [7, 11) is 3.20. The summed E-state index contributed by atoms with van der Waals surface area (Å²) >= 11 is 0. The number of aromatic amines is 1. The topological polar surface area (TPSA) is 84.0 Å². The maximum atomic E-state index is 11.9. The van der Waals surface area contributed by atoms with Crippen LogP contribution in [-0.2, 0) is 0 Å². The lowest BCUT2D eigenvalue weighted by Gasteiger charge is -2.15. The maximum Gasteiger partial charge on any atom is 0.299 e. The number of carbonyl (C=O) groups is 1. The first-order chi connectivity index (χ1) is 8.22. The predicted octanol–water partition coefficient (Wildman–Crippen LogP) is 0.485. The number of anilines is 1. The molecule has 0 atom stereocenters. The molecular formula is C10H11N5O2. The normalized spacial score (nSPS) is 10.0. The Bertz CT molecular complexity index is 511. The number of benzene rings is 1. The zero-order valence-electron chi connectivity index (χ0n) is 9.41. The van der Waals surface area contributed by atoms with Gasteiger partial charge in [-0.3, -0.25) is 4.79 Å². The van der Waals surface area contributed by atoms with Gasteiger partial charge in [-0.1, -0.05) is 6.07 Å². The first-order valence-electron chi connectivity index (χ1n) is 4.88. The second-order valence-corrected chi connectivity index (χ2v) is 3.30. The minimum absolute atomic E-state index is 0.0234. The van der Waals surface area contributed by atoms with Crippen LogP contribution in [-0.4, -0.2) is 40.7 Å². The van der Waals surface area contributed by atoms with Crippen LogP contribution in [0, 0.1) is 0 Å². The Morgan fingerprint density at radius 1 is 1.47 bits per heavy atom. The van der Waals surface area contributed by atoms with Crippen LogP contribution in [0.2, 0.25) is 0 Å². The van der Waals surface area contributed by atoms with Crippen molar-refractivity contribution in [1.29, 1.82) is 0 Å². The fourth-order valence-corrected chi connectivity index (χ4v) is 1.34. The van der Waals surface area contributed by atoms with E-state index in [9.17, 15) is 4.79 Å². The monoisotopic (exact) mass is 233 g/mol. The van der Waals surface area contributed by atoms with Crippen LogP contribution < -0.4 is 9.64 Å². The van der Waals surface area contributed by atoms with Crippen molar-refractivity contribution in [3.63, 3.8) is 0 Å². The molecule has 7 nitrogen and oxygen atoms in total. The molecule has 0 saturated heterocycles. The number of H-pyrrole nitrogens is 1. The van der Waals surface area contributed by atoms with E-state index >= 15 is 0 Å². The van der Waals surface area contributed by atoms with Crippen LogP contribution in [0.5, 0.6) is 5.75 Å². The van der Waals surface area contributed by atoms with Crippen molar-refractivity contribution >= 4 is 11.6 Å². The maximum absolute atomic E-state index is 11.9.